The maximum Gasteiger partial charge on any atom is 0.225 e. The molecule has 0 unspecified atom stereocenters. The second-order valence-electron chi connectivity index (χ2n) is 8.87. The Labute approximate surface area is 208 Å². The third kappa shape index (κ3) is 5.17. The Morgan fingerprint density at radius 2 is 1.44 bits per heavy atom. The van der Waals surface area contributed by atoms with E-state index in [0.29, 0.717) is 0 Å². The molecule has 0 N–H and O–H groups in total. The fourth-order valence-corrected chi connectivity index (χ4v) is 4.09. The van der Waals surface area contributed by atoms with Crippen LogP contribution in [0.2, 0.25) is 0 Å². The van der Waals surface area contributed by atoms with Crippen LogP contribution in [0, 0.1) is 19.7 Å². The van der Waals surface area contributed by atoms with Gasteiger partial charge >= 0.3 is 0 Å². The first-order chi connectivity index (χ1) is 17.5. The van der Waals surface area contributed by atoms with Crippen LogP contribution in [-0.4, -0.2) is 60.5 Å². The highest BCUT2D eigenvalue weighted by Gasteiger charge is 2.22. The van der Waals surface area contributed by atoms with E-state index in [1.165, 1.54) is 12.1 Å². The summed E-state index contributed by atoms with van der Waals surface area (Å²) in [6.07, 6.45) is 11.2. The van der Waals surface area contributed by atoms with Gasteiger partial charge in [0.05, 0.1) is 6.20 Å². The lowest BCUT2D eigenvalue weighted by Gasteiger charge is -2.35. The molecule has 0 aliphatic carbocycles. The highest BCUT2D eigenvalue weighted by molar-refractivity contribution is 5.77. The van der Waals surface area contributed by atoms with Crippen molar-refractivity contribution in [2.24, 2.45) is 7.05 Å². The van der Waals surface area contributed by atoms with Gasteiger partial charge in [0.1, 0.15) is 17.7 Å². The number of fused-ring (bicyclic) bond motifs is 1. The van der Waals surface area contributed by atoms with Crippen molar-refractivity contribution in [1.29, 1.82) is 0 Å². The molecule has 1 fully saturated rings. The number of rotatable bonds is 3. The van der Waals surface area contributed by atoms with Crippen molar-refractivity contribution in [2.75, 3.05) is 36.0 Å². The van der Waals surface area contributed by atoms with Crippen LogP contribution >= 0.6 is 0 Å². The molecule has 10 heteroatoms. The minimum atomic E-state index is -0.171. The molecule has 36 heavy (non-hydrogen) atoms. The van der Waals surface area contributed by atoms with E-state index < -0.39 is 0 Å². The number of hydrogen-bond acceptors (Lipinski definition) is 7. The number of piperazine rings is 1. The van der Waals surface area contributed by atoms with Gasteiger partial charge in [0.15, 0.2) is 5.82 Å². The Balaban J connectivity index is 0.000000286. The highest BCUT2D eigenvalue weighted by Crippen LogP contribution is 2.27. The molecule has 1 aliphatic rings. The van der Waals surface area contributed by atoms with Gasteiger partial charge in [0.2, 0.25) is 5.95 Å². The zero-order chi connectivity index (χ0) is 25.1. The predicted octanol–water partition coefficient (Wildman–Crippen LogP) is 3.69. The quantitative estimate of drug-likeness (QED) is 0.386. The van der Waals surface area contributed by atoms with Crippen LogP contribution in [0.4, 0.5) is 16.2 Å². The molecular formula is C26H28FN9. The van der Waals surface area contributed by atoms with Crippen molar-refractivity contribution >= 4 is 17.3 Å². The van der Waals surface area contributed by atoms with Gasteiger partial charge in [0, 0.05) is 69.1 Å². The largest absolute Gasteiger partial charge is 0.351 e. The number of aromatic nitrogens is 7. The lowest BCUT2D eigenvalue weighted by atomic mass is 10.2. The Kier molecular flexibility index (Phi) is 6.57. The number of nitrogens with zero attached hydrogens (tertiary/aromatic N) is 9. The third-order valence-electron chi connectivity index (χ3n) is 6.06. The second-order valence-corrected chi connectivity index (χ2v) is 8.87. The summed E-state index contributed by atoms with van der Waals surface area (Å²) in [5, 5.41) is 8.64. The van der Waals surface area contributed by atoms with Crippen LogP contribution in [0.15, 0.2) is 67.6 Å². The summed E-state index contributed by atoms with van der Waals surface area (Å²) in [5.74, 6) is 1.57. The molecule has 4 aromatic heterocycles. The molecule has 5 heterocycles. The maximum atomic E-state index is 12.1. The maximum absolute atomic E-state index is 12.1. The normalized spacial score (nSPS) is 13.6. The average molecular weight is 486 g/mol. The summed E-state index contributed by atoms with van der Waals surface area (Å²) in [7, 11) is 1.92. The number of hydrogen-bond donors (Lipinski definition) is 0. The number of benzene rings is 1. The summed E-state index contributed by atoms with van der Waals surface area (Å²) < 4.78 is 15.8. The van der Waals surface area contributed by atoms with E-state index in [1.807, 2.05) is 56.4 Å². The molecule has 1 saturated heterocycles. The Hall–Kier alpha value is -4.34. The van der Waals surface area contributed by atoms with E-state index in [-0.39, 0.29) is 5.82 Å². The zero-order valence-corrected chi connectivity index (χ0v) is 20.6. The minimum absolute atomic E-state index is 0.171. The van der Waals surface area contributed by atoms with Crippen molar-refractivity contribution in [2.45, 2.75) is 13.8 Å². The van der Waals surface area contributed by atoms with Crippen LogP contribution in [0.1, 0.15) is 11.1 Å². The summed E-state index contributed by atoms with van der Waals surface area (Å²) in [6, 6.07) is 8.52. The van der Waals surface area contributed by atoms with Gasteiger partial charge in [-0.25, -0.2) is 23.9 Å². The van der Waals surface area contributed by atoms with Crippen LogP contribution in [0.3, 0.4) is 0 Å². The van der Waals surface area contributed by atoms with E-state index >= 15 is 0 Å². The first-order valence-electron chi connectivity index (χ1n) is 11.8. The molecule has 1 aliphatic heterocycles. The average Bonchev–Trinajstić information content (AvgIpc) is 3.53. The molecule has 0 spiro atoms. The smallest absolute Gasteiger partial charge is 0.225 e. The third-order valence-corrected chi connectivity index (χ3v) is 6.06. The zero-order valence-electron chi connectivity index (χ0n) is 20.6. The second kappa shape index (κ2) is 10.1. The lowest BCUT2D eigenvalue weighted by molar-refractivity contribution is 0.627. The SMILES string of the molecule is Cc1ccc(F)cc1.Cc1cnc(N2CCN(c3ncnn4cc(-c5cnn(C)c5)cc34)CC2)nc1. The Morgan fingerprint density at radius 1 is 0.750 bits per heavy atom. The Morgan fingerprint density at radius 3 is 2.08 bits per heavy atom. The van der Waals surface area contributed by atoms with E-state index in [2.05, 4.69) is 41.0 Å². The fourth-order valence-electron chi connectivity index (χ4n) is 4.09. The lowest BCUT2D eigenvalue weighted by Crippen LogP contribution is -2.47. The van der Waals surface area contributed by atoms with Crippen molar-refractivity contribution < 1.29 is 4.39 Å². The summed E-state index contributed by atoms with van der Waals surface area (Å²) >= 11 is 0. The van der Waals surface area contributed by atoms with Crippen LogP contribution in [0.25, 0.3) is 16.6 Å². The molecule has 0 atom stereocenters. The van der Waals surface area contributed by atoms with Gasteiger partial charge in [-0.3, -0.25) is 4.68 Å². The molecule has 0 saturated carbocycles. The van der Waals surface area contributed by atoms with Crippen LogP contribution < -0.4 is 9.80 Å². The van der Waals surface area contributed by atoms with Crippen molar-refractivity contribution in [3.63, 3.8) is 0 Å². The standard InChI is InChI=1S/C19H21N9.C7H7F/c1-14-8-20-19(21-9-14)27-5-3-26(4-6-27)18-17-7-15(12-28(17)24-13-22-18)16-10-23-25(2)11-16;1-6-2-4-7(8)5-3-6/h7-13H,3-6H2,1-2H3;2-5H,1H3. The molecule has 0 bridgehead atoms. The number of halogens is 1. The number of aryl methyl sites for hydroxylation is 3. The van der Waals surface area contributed by atoms with Crippen LogP contribution in [0.5, 0.6) is 0 Å². The predicted molar refractivity (Wildman–Crippen MR) is 138 cm³/mol. The fraction of sp³-hybridized carbons (Fsp3) is 0.269. The van der Waals surface area contributed by atoms with Gasteiger partial charge in [0.25, 0.3) is 0 Å². The van der Waals surface area contributed by atoms with Crippen molar-refractivity contribution in [3.8, 4) is 11.1 Å². The first kappa shape index (κ1) is 23.4. The molecule has 0 amide bonds. The van der Waals surface area contributed by atoms with Crippen molar-refractivity contribution in [3.05, 3.63) is 84.6 Å². The van der Waals surface area contributed by atoms with Gasteiger partial charge < -0.3 is 9.80 Å². The van der Waals surface area contributed by atoms with Gasteiger partial charge in [-0.15, -0.1) is 0 Å². The molecule has 1 aromatic carbocycles. The molecule has 5 aromatic rings. The highest BCUT2D eigenvalue weighted by atomic mass is 19.1. The van der Waals surface area contributed by atoms with E-state index in [1.54, 1.807) is 23.1 Å². The Bertz CT molecular complexity index is 1410. The van der Waals surface area contributed by atoms with Crippen molar-refractivity contribution in [1.82, 2.24) is 34.3 Å². The molecule has 184 valence electrons. The number of anilines is 2. The minimum Gasteiger partial charge on any atom is -0.351 e. The van der Waals surface area contributed by atoms with Gasteiger partial charge in [-0.1, -0.05) is 17.7 Å². The van der Waals surface area contributed by atoms with E-state index in [4.69, 9.17) is 0 Å². The summed E-state index contributed by atoms with van der Waals surface area (Å²) in [5.41, 5.74) is 5.32. The first-order valence-corrected chi connectivity index (χ1v) is 11.8. The molecule has 0 radical (unpaired) electrons. The monoisotopic (exact) mass is 485 g/mol. The molecule has 9 nitrogen and oxygen atoms in total. The van der Waals surface area contributed by atoms with Gasteiger partial charge in [-0.2, -0.15) is 10.2 Å². The van der Waals surface area contributed by atoms with E-state index in [9.17, 15) is 4.39 Å². The topological polar surface area (TPSA) is 80.3 Å². The molecular weight excluding hydrogens is 457 g/mol. The van der Waals surface area contributed by atoms with Crippen LogP contribution in [-0.2, 0) is 7.05 Å². The molecule has 6 rings (SSSR count). The van der Waals surface area contributed by atoms with E-state index in [0.717, 1.165) is 65.7 Å². The van der Waals surface area contributed by atoms with Gasteiger partial charge in [-0.05, 0) is 37.6 Å². The summed E-state index contributed by atoms with van der Waals surface area (Å²) in [4.78, 5) is 18.0. The summed E-state index contributed by atoms with van der Waals surface area (Å²) in [6.45, 7) is 7.36.